The molecule has 0 unspecified atom stereocenters. The molecule has 4 amide bonds. The van der Waals surface area contributed by atoms with Crippen molar-refractivity contribution >= 4 is 39.7 Å². The highest BCUT2D eigenvalue weighted by atomic mass is 32.2. The molecule has 4 rings (SSSR count). The predicted molar refractivity (Wildman–Crippen MR) is 134 cm³/mol. The Balaban J connectivity index is 1.74. The number of hydrogen-bond donors (Lipinski definition) is 1. The van der Waals surface area contributed by atoms with Gasteiger partial charge in [0.1, 0.15) is 22.0 Å². The first-order valence-corrected chi connectivity index (χ1v) is 12.3. The molecule has 0 aromatic heterocycles. The molecular weight excluding hydrogens is 500 g/mol. The maximum Gasteiger partial charge on any atom is 0.339 e. The minimum atomic E-state index is -4.26. The highest BCUT2D eigenvalue weighted by Crippen LogP contribution is 2.31. The van der Waals surface area contributed by atoms with Crippen LogP contribution >= 0.6 is 0 Å². The van der Waals surface area contributed by atoms with Crippen LogP contribution in [0.4, 0.5) is 10.5 Å². The zero-order valence-corrected chi connectivity index (χ0v) is 20.9. The van der Waals surface area contributed by atoms with E-state index in [9.17, 15) is 22.8 Å². The van der Waals surface area contributed by atoms with E-state index in [1.165, 1.54) is 56.7 Å². The van der Waals surface area contributed by atoms with E-state index in [0.717, 1.165) is 16.5 Å². The monoisotopic (exact) mass is 522 g/mol. The molecule has 0 aliphatic carbocycles. The maximum atomic E-state index is 13.2. The van der Waals surface area contributed by atoms with Gasteiger partial charge in [0.15, 0.2) is 5.75 Å². The molecule has 1 saturated heterocycles. The number of aryl methyl sites for hydroxylation is 1. The maximum absolute atomic E-state index is 13.2. The van der Waals surface area contributed by atoms with E-state index in [4.69, 9.17) is 13.7 Å². The summed E-state index contributed by atoms with van der Waals surface area (Å²) in [5, 5.41) is 2.12. The molecule has 1 heterocycles. The molecule has 0 saturated carbocycles. The molecule has 1 fully saturated rings. The number of ether oxygens (including phenoxy) is 2. The van der Waals surface area contributed by atoms with E-state index in [2.05, 4.69) is 5.32 Å². The Morgan fingerprint density at radius 2 is 1.46 bits per heavy atom. The standard InChI is InChI=1S/C26H22N2O8S/c1-16-4-12-21(13-5-16)37(32,33)36-23-15-20(35-3)9-6-17(23)14-22-24(29)27-26(31)28(25(22)30)18-7-10-19(34-2)11-8-18/h4-15H,1-3H3,(H,27,29,31)/b22-14+. The summed E-state index contributed by atoms with van der Waals surface area (Å²) in [5.74, 6) is -1.23. The molecule has 0 spiro atoms. The van der Waals surface area contributed by atoms with Gasteiger partial charge in [-0.1, -0.05) is 17.7 Å². The van der Waals surface area contributed by atoms with Gasteiger partial charge in [-0.25, -0.2) is 9.69 Å². The van der Waals surface area contributed by atoms with E-state index in [0.29, 0.717) is 5.75 Å². The van der Waals surface area contributed by atoms with Gasteiger partial charge in [-0.2, -0.15) is 8.42 Å². The van der Waals surface area contributed by atoms with Crippen molar-refractivity contribution in [3.8, 4) is 17.2 Å². The third-order valence-corrected chi connectivity index (χ3v) is 6.71. The molecule has 0 atom stereocenters. The van der Waals surface area contributed by atoms with Gasteiger partial charge >= 0.3 is 16.1 Å². The number of rotatable bonds is 7. The molecule has 37 heavy (non-hydrogen) atoms. The van der Waals surface area contributed by atoms with Crippen molar-refractivity contribution in [2.45, 2.75) is 11.8 Å². The number of methoxy groups -OCH3 is 2. The van der Waals surface area contributed by atoms with Crippen LogP contribution in [-0.4, -0.2) is 40.5 Å². The van der Waals surface area contributed by atoms with Gasteiger partial charge in [0.05, 0.1) is 19.9 Å². The minimum Gasteiger partial charge on any atom is -0.497 e. The zero-order chi connectivity index (χ0) is 26.7. The van der Waals surface area contributed by atoms with Gasteiger partial charge in [-0.05, 0) is 61.5 Å². The van der Waals surface area contributed by atoms with Crippen LogP contribution in [0.3, 0.4) is 0 Å². The molecule has 3 aromatic carbocycles. The average Bonchev–Trinajstić information content (AvgIpc) is 2.87. The number of urea groups is 1. The van der Waals surface area contributed by atoms with Gasteiger partial charge in [0.25, 0.3) is 11.8 Å². The van der Waals surface area contributed by atoms with Crippen molar-refractivity contribution in [3.05, 3.63) is 83.4 Å². The SMILES string of the molecule is COc1ccc(N2C(=O)NC(=O)/C(=C\c3ccc(OC)cc3OS(=O)(=O)c3ccc(C)cc3)C2=O)cc1. The van der Waals surface area contributed by atoms with Gasteiger partial charge in [0, 0.05) is 11.6 Å². The molecule has 11 heteroatoms. The smallest absolute Gasteiger partial charge is 0.339 e. The summed E-state index contributed by atoms with van der Waals surface area (Å²) in [7, 11) is -1.40. The fourth-order valence-corrected chi connectivity index (χ4v) is 4.43. The first kappa shape index (κ1) is 25.5. The average molecular weight is 523 g/mol. The molecule has 1 aliphatic rings. The quantitative estimate of drug-likeness (QED) is 0.284. The van der Waals surface area contributed by atoms with Gasteiger partial charge in [-0.3, -0.25) is 14.9 Å². The number of carbonyl (C=O) groups excluding carboxylic acids is 3. The first-order chi connectivity index (χ1) is 17.6. The number of amides is 4. The lowest BCUT2D eigenvalue weighted by Gasteiger charge is -2.26. The number of nitrogens with zero attached hydrogens (tertiary/aromatic N) is 1. The van der Waals surface area contributed by atoms with Crippen molar-refractivity contribution in [3.63, 3.8) is 0 Å². The van der Waals surface area contributed by atoms with Crippen LogP contribution in [0.15, 0.2) is 77.2 Å². The van der Waals surface area contributed by atoms with E-state index >= 15 is 0 Å². The lowest BCUT2D eigenvalue weighted by Crippen LogP contribution is -2.54. The van der Waals surface area contributed by atoms with Crippen molar-refractivity contribution < 1.29 is 36.5 Å². The largest absolute Gasteiger partial charge is 0.497 e. The van der Waals surface area contributed by atoms with Crippen LogP contribution in [0.2, 0.25) is 0 Å². The van der Waals surface area contributed by atoms with E-state index in [1.54, 1.807) is 24.3 Å². The fraction of sp³-hybridized carbons (Fsp3) is 0.115. The Hall–Kier alpha value is -4.64. The Bertz CT molecular complexity index is 1510. The van der Waals surface area contributed by atoms with E-state index in [-0.39, 0.29) is 27.6 Å². The van der Waals surface area contributed by atoms with Gasteiger partial charge < -0.3 is 13.7 Å². The van der Waals surface area contributed by atoms with Crippen LogP contribution in [0.1, 0.15) is 11.1 Å². The Labute approximate surface area is 213 Å². The predicted octanol–water partition coefficient (Wildman–Crippen LogP) is 3.45. The van der Waals surface area contributed by atoms with E-state index in [1.807, 2.05) is 6.92 Å². The summed E-state index contributed by atoms with van der Waals surface area (Å²) in [4.78, 5) is 39.0. The normalized spacial score (nSPS) is 14.9. The van der Waals surface area contributed by atoms with Crippen molar-refractivity contribution in [2.75, 3.05) is 19.1 Å². The highest BCUT2D eigenvalue weighted by Gasteiger charge is 2.37. The molecule has 10 nitrogen and oxygen atoms in total. The Morgan fingerprint density at radius 1 is 0.838 bits per heavy atom. The Morgan fingerprint density at radius 3 is 2.08 bits per heavy atom. The molecule has 1 N–H and O–H groups in total. The molecular formula is C26H22N2O8S. The summed E-state index contributed by atoms with van der Waals surface area (Å²) in [6.45, 7) is 1.82. The molecule has 0 bridgehead atoms. The lowest BCUT2D eigenvalue weighted by atomic mass is 10.1. The third-order valence-electron chi connectivity index (χ3n) is 5.46. The zero-order valence-electron chi connectivity index (χ0n) is 20.0. The summed E-state index contributed by atoms with van der Waals surface area (Å²) in [5.41, 5.74) is 0.760. The summed E-state index contributed by atoms with van der Waals surface area (Å²) in [6.07, 6.45) is 1.15. The van der Waals surface area contributed by atoms with Gasteiger partial charge in [-0.15, -0.1) is 0 Å². The molecule has 0 radical (unpaired) electrons. The number of carbonyl (C=O) groups is 3. The number of benzene rings is 3. The minimum absolute atomic E-state index is 0.0812. The summed E-state index contributed by atoms with van der Waals surface area (Å²) >= 11 is 0. The number of hydrogen-bond acceptors (Lipinski definition) is 8. The van der Waals surface area contributed by atoms with Crippen molar-refractivity contribution in [2.24, 2.45) is 0 Å². The van der Waals surface area contributed by atoms with E-state index < -0.39 is 33.5 Å². The Kier molecular flexibility index (Phi) is 6.98. The summed E-state index contributed by atoms with van der Waals surface area (Å²) < 4.78 is 41.5. The second-order valence-corrected chi connectivity index (χ2v) is 9.46. The summed E-state index contributed by atoms with van der Waals surface area (Å²) in [6, 6.07) is 15.5. The first-order valence-electron chi connectivity index (χ1n) is 10.9. The fourth-order valence-electron chi connectivity index (χ4n) is 3.48. The number of barbiturate groups is 1. The van der Waals surface area contributed by atoms with Crippen LogP contribution in [0.5, 0.6) is 17.2 Å². The van der Waals surface area contributed by atoms with Crippen LogP contribution in [0.25, 0.3) is 6.08 Å². The van der Waals surface area contributed by atoms with Crippen LogP contribution in [0, 0.1) is 6.92 Å². The topological polar surface area (TPSA) is 128 Å². The number of anilines is 1. The number of nitrogens with one attached hydrogen (secondary N) is 1. The van der Waals surface area contributed by atoms with Crippen LogP contribution in [-0.2, 0) is 19.7 Å². The second-order valence-electron chi connectivity index (χ2n) is 7.91. The third kappa shape index (κ3) is 5.31. The van der Waals surface area contributed by atoms with Crippen LogP contribution < -0.4 is 23.9 Å². The highest BCUT2D eigenvalue weighted by molar-refractivity contribution is 7.87. The van der Waals surface area contributed by atoms with Crippen molar-refractivity contribution in [1.82, 2.24) is 5.32 Å². The molecule has 1 aliphatic heterocycles. The number of imide groups is 2. The molecule has 3 aromatic rings. The second kappa shape index (κ2) is 10.2. The van der Waals surface area contributed by atoms with Gasteiger partial charge in [0.2, 0.25) is 0 Å². The lowest BCUT2D eigenvalue weighted by molar-refractivity contribution is -0.122. The molecule has 190 valence electrons. The van der Waals surface area contributed by atoms with Crippen molar-refractivity contribution in [1.29, 1.82) is 0 Å².